The maximum atomic E-state index is 13.0. The van der Waals surface area contributed by atoms with Crippen LogP contribution in [0.1, 0.15) is 83.4 Å². The molecule has 8 heteroatoms. The number of amides is 1. The molecule has 0 spiro atoms. The number of aromatic amines is 1. The molecule has 4 heterocycles. The third kappa shape index (κ3) is 3.69. The van der Waals surface area contributed by atoms with E-state index in [1.807, 2.05) is 19.9 Å². The minimum Gasteiger partial charge on any atom is -0.465 e. The van der Waals surface area contributed by atoms with E-state index in [1.165, 1.54) is 10.6 Å². The molecule has 2 N–H and O–H groups in total. The van der Waals surface area contributed by atoms with Crippen LogP contribution in [0.2, 0.25) is 0 Å². The van der Waals surface area contributed by atoms with Gasteiger partial charge in [0.1, 0.15) is 11.5 Å². The molecule has 0 bridgehead atoms. The number of H-pyrrole nitrogens is 1. The van der Waals surface area contributed by atoms with Crippen molar-refractivity contribution >= 4 is 11.6 Å². The molecule has 1 saturated heterocycles. The van der Waals surface area contributed by atoms with Gasteiger partial charge in [-0.05, 0) is 46.0 Å². The fourth-order valence-electron chi connectivity index (χ4n) is 4.81. The lowest BCUT2D eigenvalue weighted by atomic mass is 9.94. The summed E-state index contributed by atoms with van der Waals surface area (Å²) in [5, 5.41) is 6.21. The Morgan fingerprint density at radius 3 is 2.84 bits per heavy atom. The highest BCUT2D eigenvalue weighted by Crippen LogP contribution is 2.30. The maximum Gasteiger partial charge on any atom is 0.272 e. The van der Waals surface area contributed by atoms with Crippen molar-refractivity contribution < 1.29 is 13.9 Å². The van der Waals surface area contributed by atoms with Gasteiger partial charge in [0.05, 0.1) is 17.3 Å². The molecule has 3 aromatic rings. The monoisotopic (exact) mass is 424 g/mol. The lowest BCUT2D eigenvalue weighted by Gasteiger charge is -2.20. The minimum atomic E-state index is -0.403. The SMILES string of the molecule is Cc1oc2c(c1C(=O)NC(C)c1cc(=O)n3[nH]c(C4CCOCC4)cc3n1)CCCC2. The van der Waals surface area contributed by atoms with Crippen molar-refractivity contribution in [2.75, 3.05) is 13.2 Å². The predicted molar refractivity (Wildman–Crippen MR) is 115 cm³/mol. The van der Waals surface area contributed by atoms with E-state index in [1.54, 1.807) is 0 Å². The van der Waals surface area contributed by atoms with Crippen molar-refractivity contribution in [3.8, 4) is 0 Å². The van der Waals surface area contributed by atoms with Gasteiger partial charge in [0.25, 0.3) is 11.5 Å². The zero-order valence-electron chi connectivity index (χ0n) is 18.0. The van der Waals surface area contributed by atoms with Crippen molar-refractivity contribution in [3.05, 3.63) is 56.5 Å². The number of aromatic nitrogens is 3. The van der Waals surface area contributed by atoms with E-state index in [0.29, 0.717) is 28.6 Å². The molecular formula is C23H28N4O4. The van der Waals surface area contributed by atoms with Crippen molar-refractivity contribution in [2.24, 2.45) is 0 Å². The molecule has 2 aliphatic rings. The number of ether oxygens (including phenoxy) is 1. The Balaban J connectivity index is 1.39. The highest BCUT2D eigenvalue weighted by Gasteiger charge is 2.26. The van der Waals surface area contributed by atoms with Gasteiger partial charge < -0.3 is 14.5 Å². The fourth-order valence-corrected chi connectivity index (χ4v) is 4.81. The first kappa shape index (κ1) is 20.1. The molecule has 1 aliphatic carbocycles. The first-order valence-corrected chi connectivity index (χ1v) is 11.1. The van der Waals surface area contributed by atoms with Crippen LogP contribution in [-0.2, 0) is 17.6 Å². The highest BCUT2D eigenvalue weighted by molar-refractivity contribution is 5.97. The Bertz CT molecular complexity index is 1180. The van der Waals surface area contributed by atoms with E-state index >= 15 is 0 Å². The first-order valence-electron chi connectivity index (χ1n) is 11.1. The average molecular weight is 425 g/mol. The average Bonchev–Trinajstić information content (AvgIpc) is 3.35. The van der Waals surface area contributed by atoms with Gasteiger partial charge >= 0.3 is 0 Å². The minimum absolute atomic E-state index is 0.170. The van der Waals surface area contributed by atoms with Crippen molar-refractivity contribution in [1.29, 1.82) is 0 Å². The van der Waals surface area contributed by atoms with Crippen LogP contribution in [0.25, 0.3) is 5.65 Å². The van der Waals surface area contributed by atoms with Gasteiger partial charge in [0, 0.05) is 48.9 Å². The molecular weight excluding hydrogens is 396 g/mol. The molecule has 0 aromatic carbocycles. The molecule has 0 saturated carbocycles. The van der Waals surface area contributed by atoms with Crippen LogP contribution in [0.4, 0.5) is 0 Å². The molecule has 1 atom stereocenters. The molecule has 1 unspecified atom stereocenters. The second-order valence-electron chi connectivity index (χ2n) is 8.65. The second kappa shape index (κ2) is 8.00. The highest BCUT2D eigenvalue weighted by atomic mass is 16.5. The normalized spacial score (nSPS) is 18.1. The van der Waals surface area contributed by atoms with Crippen LogP contribution >= 0.6 is 0 Å². The van der Waals surface area contributed by atoms with Crippen LogP contribution in [-0.4, -0.2) is 33.7 Å². The summed E-state index contributed by atoms with van der Waals surface area (Å²) in [4.78, 5) is 30.4. The molecule has 31 heavy (non-hydrogen) atoms. The Morgan fingerprint density at radius 2 is 2.03 bits per heavy atom. The van der Waals surface area contributed by atoms with Gasteiger partial charge in [0.2, 0.25) is 0 Å². The quantitative estimate of drug-likeness (QED) is 0.670. The van der Waals surface area contributed by atoms with E-state index in [2.05, 4.69) is 15.4 Å². The fraction of sp³-hybridized carbons (Fsp3) is 0.522. The molecule has 1 amide bonds. The number of carbonyl (C=O) groups excluding carboxylic acids is 1. The van der Waals surface area contributed by atoms with Gasteiger partial charge in [-0.1, -0.05) is 0 Å². The van der Waals surface area contributed by atoms with Gasteiger partial charge in [-0.15, -0.1) is 0 Å². The zero-order chi connectivity index (χ0) is 21.5. The summed E-state index contributed by atoms with van der Waals surface area (Å²) < 4.78 is 12.7. The molecule has 1 fully saturated rings. The summed E-state index contributed by atoms with van der Waals surface area (Å²) in [6.07, 6.45) is 5.77. The number of nitrogens with zero attached hydrogens (tertiary/aromatic N) is 2. The van der Waals surface area contributed by atoms with Gasteiger partial charge in [-0.25, -0.2) is 9.50 Å². The van der Waals surface area contributed by atoms with Crippen LogP contribution in [0.3, 0.4) is 0 Å². The molecule has 3 aromatic heterocycles. The third-order valence-electron chi connectivity index (χ3n) is 6.52. The Labute approximate surface area is 180 Å². The van der Waals surface area contributed by atoms with Crippen LogP contribution in [0.5, 0.6) is 0 Å². The molecule has 164 valence electrons. The van der Waals surface area contributed by atoms with Gasteiger partial charge in [0.15, 0.2) is 5.65 Å². The topological polar surface area (TPSA) is 102 Å². The van der Waals surface area contributed by atoms with Gasteiger partial charge in [-0.3, -0.25) is 14.7 Å². The molecule has 8 nitrogen and oxygen atoms in total. The number of aryl methyl sites for hydroxylation is 2. The summed E-state index contributed by atoms with van der Waals surface area (Å²) in [7, 11) is 0. The van der Waals surface area contributed by atoms with E-state index in [4.69, 9.17) is 9.15 Å². The smallest absolute Gasteiger partial charge is 0.272 e. The number of rotatable bonds is 4. The van der Waals surface area contributed by atoms with Crippen molar-refractivity contribution in [1.82, 2.24) is 19.9 Å². The molecule has 5 rings (SSSR count). The summed E-state index contributed by atoms with van der Waals surface area (Å²) >= 11 is 0. The van der Waals surface area contributed by atoms with Crippen LogP contribution < -0.4 is 10.9 Å². The molecule has 0 radical (unpaired) electrons. The number of hydrogen-bond acceptors (Lipinski definition) is 5. The Kier molecular flexibility index (Phi) is 5.17. The van der Waals surface area contributed by atoms with Crippen LogP contribution in [0.15, 0.2) is 21.3 Å². The number of fused-ring (bicyclic) bond motifs is 2. The number of carbonyl (C=O) groups is 1. The largest absolute Gasteiger partial charge is 0.465 e. The third-order valence-corrected chi connectivity index (χ3v) is 6.52. The lowest BCUT2D eigenvalue weighted by molar-refractivity contribution is 0.0844. The summed E-state index contributed by atoms with van der Waals surface area (Å²) in [6, 6.07) is 3.02. The van der Waals surface area contributed by atoms with Crippen LogP contribution in [0, 0.1) is 6.92 Å². The maximum absolute atomic E-state index is 13.0. The first-order chi connectivity index (χ1) is 15.0. The van der Waals surface area contributed by atoms with Crippen molar-refractivity contribution in [3.63, 3.8) is 0 Å². The number of nitrogens with one attached hydrogen (secondary N) is 2. The summed E-state index contributed by atoms with van der Waals surface area (Å²) in [5.41, 5.74) is 3.61. The van der Waals surface area contributed by atoms with E-state index < -0.39 is 6.04 Å². The Hall–Kier alpha value is -2.87. The molecule has 1 aliphatic heterocycles. The standard InChI is InChI=1S/C23H28N4O4/c1-13(24-23(29)22-14(2)31-19-6-4-3-5-16(19)22)17-12-21(28)27-20(25-17)11-18(26-27)15-7-9-30-10-8-15/h11-13,15,26H,3-10H2,1-2H3,(H,24,29). The predicted octanol–water partition coefficient (Wildman–Crippen LogP) is 3.19. The second-order valence-corrected chi connectivity index (χ2v) is 8.65. The summed E-state index contributed by atoms with van der Waals surface area (Å²) in [5.74, 6) is 1.76. The summed E-state index contributed by atoms with van der Waals surface area (Å²) in [6.45, 7) is 5.15. The Morgan fingerprint density at radius 1 is 1.26 bits per heavy atom. The number of furan rings is 1. The zero-order valence-corrected chi connectivity index (χ0v) is 18.0. The van der Waals surface area contributed by atoms with E-state index in [9.17, 15) is 9.59 Å². The number of hydrogen-bond donors (Lipinski definition) is 2. The van der Waals surface area contributed by atoms with Gasteiger partial charge in [-0.2, -0.15) is 0 Å². The van der Waals surface area contributed by atoms with E-state index in [-0.39, 0.29) is 11.5 Å². The lowest BCUT2D eigenvalue weighted by Crippen LogP contribution is -2.30. The van der Waals surface area contributed by atoms with E-state index in [0.717, 1.165) is 68.8 Å². The van der Waals surface area contributed by atoms with Crippen molar-refractivity contribution in [2.45, 2.75) is 64.3 Å².